The number of nitrogens with two attached hydrogens (primary N) is 1. The standard InChI is InChI=1S/C13H16N4O6S3/c1-15-26(22,23)10-3-4-11(12(8-10)17(18)19)16-7-6-9-2-5-13(24-9)25(14,20)21/h2-5,8,15-16H,6-7H2,1H3,(H2,14,20,21). The molecule has 4 N–H and O–H groups in total. The molecule has 1 aromatic heterocycles. The molecule has 0 aliphatic rings. The molecule has 0 unspecified atom stereocenters. The molecule has 0 radical (unpaired) electrons. The van der Waals surface area contributed by atoms with Crippen molar-refractivity contribution in [3.8, 4) is 0 Å². The first-order chi connectivity index (χ1) is 12.0. The van der Waals surface area contributed by atoms with E-state index >= 15 is 0 Å². The summed E-state index contributed by atoms with van der Waals surface area (Å²) in [6.07, 6.45) is 0.411. The lowest BCUT2D eigenvalue weighted by Gasteiger charge is -2.08. The average Bonchev–Trinajstić information content (AvgIpc) is 3.04. The lowest BCUT2D eigenvalue weighted by molar-refractivity contribution is -0.384. The van der Waals surface area contributed by atoms with Crippen molar-refractivity contribution in [3.05, 3.63) is 45.3 Å². The molecular formula is C13H16N4O6S3. The van der Waals surface area contributed by atoms with E-state index < -0.39 is 25.0 Å². The Labute approximate surface area is 154 Å². The molecule has 0 fully saturated rings. The zero-order valence-corrected chi connectivity index (χ0v) is 15.9. The van der Waals surface area contributed by atoms with Gasteiger partial charge in [0.2, 0.25) is 20.0 Å². The van der Waals surface area contributed by atoms with Crippen molar-refractivity contribution >= 4 is 42.8 Å². The van der Waals surface area contributed by atoms with Gasteiger partial charge in [-0.3, -0.25) is 10.1 Å². The number of primary sulfonamides is 1. The Balaban J connectivity index is 2.14. The Hall–Kier alpha value is -2.06. The second-order valence-corrected chi connectivity index (χ2v) is 9.93. The number of rotatable bonds is 8. The van der Waals surface area contributed by atoms with Gasteiger partial charge in [-0.2, -0.15) is 0 Å². The highest BCUT2D eigenvalue weighted by Crippen LogP contribution is 2.28. The van der Waals surface area contributed by atoms with E-state index in [1.165, 1.54) is 25.2 Å². The number of anilines is 1. The Morgan fingerprint density at radius 2 is 1.88 bits per heavy atom. The molecule has 10 nitrogen and oxygen atoms in total. The first kappa shape index (κ1) is 20.3. The Kier molecular flexibility index (Phi) is 5.98. The van der Waals surface area contributed by atoms with E-state index in [0.717, 1.165) is 22.3 Å². The van der Waals surface area contributed by atoms with Crippen LogP contribution in [0.3, 0.4) is 0 Å². The molecule has 0 spiro atoms. The summed E-state index contributed by atoms with van der Waals surface area (Å²) in [6.45, 7) is 0.281. The van der Waals surface area contributed by atoms with E-state index in [1.54, 1.807) is 6.07 Å². The molecule has 26 heavy (non-hydrogen) atoms. The van der Waals surface area contributed by atoms with E-state index in [9.17, 15) is 26.9 Å². The second-order valence-electron chi connectivity index (χ2n) is 5.09. The van der Waals surface area contributed by atoms with Crippen molar-refractivity contribution in [2.75, 3.05) is 18.9 Å². The fourth-order valence-corrected chi connectivity index (χ4v) is 4.59. The van der Waals surface area contributed by atoms with E-state index in [2.05, 4.69) is 10.0 Å². The smallest absolute Gasteiger partial charge is 0.293 e. The van der Waals surface area contributed by atoms with Crippen LogP contribution in [0.1, 0.15) is 4.88 Å². The minimum atomic E-state index is -3.79. The van der Waals surface area contributed by atoms with Crippen LogP contribution in [0.15, 0.2) is 39.4 Å². The number of nitrogens with zero attached hydrogens (tertiary/aromatic N) is 1. The molecule has 0 saturated carbocycles. The summed E-state index contributed by atoms with van der Waals surface area (Å²) in [5.74, 6) is 0. The van der Waals surface area contributed by atoms with Gasteiger partial charge in [0.15, 0.2) is 0 Å². The maximum absolute atomic E-state index is 11.8. The molecule has 2 aromatic rings. The Bertz CT molecular complexity index is 1030. The summed E-state index contributed by atoms with van der Waals surface area (Å²) in [6, 6.07) is 6.55. The van der Waals surface area contributed by atoms with Crippen molar-refractivity contribution in [1.29, 1.82) is 0 Å². The first-order valence-electron chi connectivity index (χ1n) is 7.12. The van der Waals surface area contributed by atoms with Gasteiger partial charge in [-0.1, -0.05) is 0 Å². The van der Waals surface area contributed by atoms with Gasteiger partial charge in [-0.05, 0) is 37.7 Å². The van der Waals surface area contributed by atoms with Crippen LogP contribution in [0.25, 0.3) is 0 Å². The first-order valence-corrected chi connectivity index (χ1v) is 11.0. The van der Waals surface area contributed by atoms with E-state index in [1.807, 2.05) is 0 Å². The molecule has 1 aromatic carbocycles. The van der Waals surface area contributed by atoms with Gasteiger partial charge >= 0.3 is 0 Å². The van der Waals surface area contributed by atoms with E-state index in [-0.39, 0.29) is 27.0 Å². The molecule has 0 atom stereocenters. The van der Waals surface area contributed by atoms with E-state index in [4.69, 9.17) is 5.14 Å². The van der Waals surface area contributed by atoms with Gasteiger partial charge in [-0.25, -0.2) is 26.7 Å². The van der Waals surface area contributed by atoms with Gasteiger partial charge in [-0.15, -0.1) is 11.3 Å². The minimum absolute atomic E-state index is 0.0418. The van der Waals surface area contributed by atoms with Crippen LogP contribution in [0.4, 0.5) is 11.4 Å². The maximum atomic E-state index is 11.8. The summed E-state index contributed by atoms with van der Waals surface area (Å²) in [7, 11) is -6.33. The molecule has 142 valence electrons. The molecule has 0 saturated heterocycles. The monoisotopic (exact) mass is 420 g/mol. The topological polar surface area (TPSA) is 162 Å². The number of nitro groups is 1. The maximum Gasteiger partial charge on any atom is 0.293 e. The zero-order valence-electron chi connectivity index (χ0n) is 13.5. The number of benzene rings is 1. The van der Waals surface area contributed by atoms with Crippen LogP contribution in [-0.4, -0.2) is 35.4 Å². The summed E-state index contributed by atoms with van der Waals surface area (Å²) < 4.78 is 48.1. The van der Waals surface area contributed by atoms with Crippen molar-refractivity contribution in [2.24, 2.45) is 5.14 Å². The fraction of sp³-hybridized carbons (Fsp3) is 0.231. The van der Waals surface area contributed by atoms with Crippen LogP contribution in [-0.2, 0) is 26.5 Å². The number of hydrogen-bond donors (Lipinski definition) is 3. The fourth-order valence-electron chi connectivity index (χ4n) is 2.06. The lowest BCUT2D eigenvalue weighted by Crippen LogP contribution is -2.18. The number of hydrogen-bond acceptors (Lipinski definition) is 8. The van der Waals surface area contributed by atoms with Crippen LogP contribution >= 0.6 is 11.3 Å². The predicted octanol–water partition coefficient (Wildman–Crippen LogP) is 0.866. The minimum Gasteiger partial charge on any atom is -0.379 e. The number of sulfonamides is 2. The van der Waals surface area contributed by atoms with E-state index in [0.29, 0.717) is 6.42 Å². The number of thiophene rings is 1. The average molecular weight is 420 g/mol. The summed E-state index contributed by atoms with van der Waals surface area (Å²) in [4.78, 5) is 11.0. The van der Waals surface area contributed by atoms with Gasteiger partial charge in [0.25, 0.3) is 5.69 Å². The van der Waals surface area contributed by atoms with Crippen molar-refractivity contribution in [3.63, 3.8) is 0 Å². The van der Waals surface area contributed by atoms with Gasteiger partial charge in [0.05, 0.1) is 9.82 Å². The summed E-state index contributed by atoms with van der Waals surface area (Å²) >= 11 is 1.02. The van der Waals surface area contributed by atoms with Gasteiger partial charge in [0.1, 0.15) is 9.90 Å². The largest absolute Gasteiger partial charge is 0.379 e. The molecule has 13 heteroatoms. The molecule has 0 aliphatic carbocycles. The third-order valence-corrected chi connectivity index (χ3v) is 7.34. The number of nitrogens with one attached hydrogen (secondary N) is 2. The Morgan fingerprint density at radius 3 is 2.42 bits per heavy atom. The van der Waals surface area contributed by atoms with Crippen LogP contribution in [0, 0.1) is 10.1 Å². The molecule has 0 bridgehead atoms. The summed E-state index contributed by atoms with van der Waals surface area (Å²) in [5.41, 5.74) is -0.217. The third kappa shape index (κ3) is 4.76. The molecule has 2 rings (SSSR count). The highest BCUT2D eigenvalue weighted by molar-refractivity contribution is 7.91. The second kappa shape index (κ2) is 7.67. The van der Waals surface area contributed by atoms with Crippen LogP contribution in [0.2, 0.25) is 0 Å². The third-order valence-electron chi connectivity index (χ3n) is 3.35. The molecule has 0 aliphatic heterocycles. The SMILES string of the molecule is CNS(=O)(=O)c1ccc(NCCc2ccc(S(N)(=O)=O)s2)c([N+](=O)[O-])c1. The van der Waals surface area contributed by atoms with Gasteiger partial charge in [0, 0.05) is 17.5 Å². The summed E-state index contributed by atoms with van der Waals surface area (Å²) in [5, 5.41) is 19.1. The van der Waals surface area contributed by atoms with Crippen LogP contribution in [0.5, 0.6) is 0 Å². The van der Waals surface area contributed by atoms with Crippen molar-refractivity contribution in [2.45, 2.75) is 15.5 Å². The quantitative estimate of drug-likeness (QED) is 0.421. The number of nitro benzene ring substituents is 1. The highest BCUT2D eigenvalue weighted by Gasteiger charge is 2.20. The molecule has 1 heterocycles. The van der Waals surface area contributed by atoms with Crippen molar-refractivity contribution in [1.82, 2.24) is 4.72 Å². The van der Waals surface area contributed by atoms with Gasteiger partial charge < -0.3 is 5.32 Å². The predicted molar refractivity (Wildman–Crippen MR) is 97.2 cm³/mol. The lowest BCUT2D eigenvalue weighted by atomic mass is 10.2. The molecular weight excluding hydrogens is 404 g/mol. The molecule has 0 amide bonds. The van der Waals surface area contributed by atoms with Crippen LogP contribution < -0.4 is 15.2 Å². The van der Waals surface area contributed by atoms with Crippen molar-refractivity contribution < 1.29 is 21.8 Å². The Morgan fingerprint density at radius 1 is 1.19 bits per heavy atom. The normalized spacial score (nSPS) is 12.1. The zero-order chi connectivity index (χ0) is 19.5. The highest BCUT2D eigenvalue weighted by atomic mass is 32.2.